The maximum absolute atomic E-state index is 5.10. The van der Waals surface area contributed by atoms with Crippen molar-refractivity contribution < 1.29 is 0 Å². The highest BCUT2D eigenvalue weighted by molar-refractivity contribution is 7.25. The summed E-state index contributed by atoms with van der Waals surface area (Å²) in [5.41, 5.74) is 9.33. The molecule has 0 fully saturated rings. The molecule has 3 heterocycles. The van der Waals surface area contributed by atoms with E-state index in [-0.39, 0.29) is 0 Å². The van der Waals surface area contributed by atoms with Crippen molar-refractivity contribution in [2.75, 3.05) is 0 Å². The quantitative estimate of drug-likeness (QED) is 0.132. The fourth-order valence-corrected chi connectivity index (χ4v) is 9.95. The van der Waals surface area contributed by atoms with Gasteiger partial charge in [-0.2, -0.15) is 0 Å². The number of pyridine rings is 1. The van der Waals surface area contributed by atoms with Crippen LogP contribution in [-0.4, -0.2) is 9.38 Å². The maximum Gasteiger partial charge on any atom is 0.146 e. The molecule has 12 aromatic rings. The van der Waals surface area contributed by atoms with Crippen LogP contribution >= 0.6 is 11.3 Å². The molecule has 0 saturated heterocycles. The van der Waals surface area contributed by atoms with Crippen molar-refractivity contribution in [3.63, 3.8) is 0 Å². The normalized spacial score (nSPS) is 12.2. The molecule has 0 saturated carbocycles. The molecule has 0 amide bonds. The fourth-order valence-electron chi connectivity index (χ4n) is 8.83. The van der Waals surface area contributed by atoms with Gasteiger partial charge in [0, 0.05) is 30.9 Å². The van der Waals surface area contributed by atoms with Crippen LogP contribution in [0.4, 0.5) is 0 Å². The predicted octanol–water partition coefficient (Wildman–Crippen LogP) is 14.0. The molecule has 0 atom stereocenters. The third-order valence-corrected chi connectivity index (χ3v) is 12.2. The molecule has 0 aliphatic rings. The van der Waals surface area contributed by atoms with Gasteiger partial charge in [-0.05, 0) is 108 Å². The SMILES string of the molecule is c1ccc2cc3c(cc2c1)sc1ccc(-c2c4ccccc4c(-c4ccc5c(c4)c4ccccc4c4nc6ccccc6n54)c4ccccc24)cc13. The van der Waals surface area contributed by atoms with Crippen molar-refractivity contribution in [1.29, 1.82) is 0 Å². The second-order valence-corrected chi connectivity index (χ2v) is 15.0. The van der Waals surface area contributed by atoms with Gasteiger partial charge in [0.05, 0.1) is 16.6 Å². The monoisotopic (exact) mass is 676 g/mol. The van der Waals surface area contributed by atoms with E-state index < -0.39 is 0 Å². The van der Waals surface area contributed by atoms with E-state index in [1.807, 2.05) is 11.3 Å². The molecule has 0 spiro atoms. The van der Waals surface area contributed by atoms with Crippen molar-refractivity contribution in [1.82, 2.24) is 9.38 Å². The van der Waals surface area contributed by atoms with E-state index in [1.54, 1.807) is 0 Å². The van der Waals surface area contributed by atoms with Gasteiger partial charge >= 0.3 is 0 Å². The van der Waals surface area contributed by atoms with Gasteiger partial charge in [-0.3, -0.25) is 4.40 Å². The fraction of sp³-hybridized carbons (Fsp3) is 0. The summed E-state index contributed by atoms with van der Waals surface area (Å²) >= 11 is 1.88. The van der Waals surface area contributed by atoms with Crippen LogP contribution in [0.5, 0.6) is 0 Å². The van der Waals surface area contributed by atoms with Gasteiger partial charge in [0.15, 0.2) is 0 Å². The molecule has 0 N–H and O–H groups in total. The van der Waals surface area contributed by atoms with Crippen molar-refractivity contribution >= 4 is 102 Å². The second kappa shape index (κ2) is 10.5. The first kappa shape index (κ1) is 28.2. The molecular weight excluding hydrogens is 649 g/mol. The van der Waals surface area contributed by atoms with Crippen LogP contribution < -0.4 is 0 Å². The lowest BCUT2D eigenvalue weighted by Gasteiger charge is -2.18. The zero-order valence-corrected chi connectivity index (χ0v) is 28.8. The van der Waals surface area contributed by atoms with Crippen molar-refractivity contribution in [3.8, 4) is 22.3 Å². The smallest absolute Gasteiger partial charge is 0.146 e. The molecular formula is C49H28N2S. The molecule has 0 aliphatic carbocycles. The van der Waals surface area contributed by atoms with Gasteiger partial charge in [0.2, 0.25) is 0 Å². The van der Waals surface area contributed by atoms with Crippen LogP contribution in [0.3, 0.4) is 0 Å². The first-order chi connectivity index (χ1) is 25.8. The van der Waals surface area contributed by atoms with Gasteiger partial charge in [-0.15, -0.1) is 11.3 Å². The van der Waals surface area contributed by atoms with Gasteiger partial charge < -0.3 is 0 Å². The summed E-state index contributed by atoms with van der Waals surface area (Å²) in [6.07, 6.45) is 0. The van der Waals surface area contributed by atoms with E-state index in [0.29, 0.717) is 0 Å². The van der Waals surface area contributed by atoms with E-state index in [2.05, 4.69) is 174 Å². The molecule has 3 heteroatoms. The van der Waals surface area contributed by atoms with Crippen LogP contribution in [0.15, 0.2) is 170 Å². The average molecular weight is 677 g/mol. The standard InChI is InChI=1S/C49H28N2S/c1-2-12-30-28-46-41(25-29(30)11-1)40-27-32(22-24-45(40)52-46)48-36-16-6-4-14-34(36)47(35-15-5-7-17-37(35)48)31-21-23-43-39(26-31)33-13-3-8-18-38(33)49-50-42-19-9-10-20-44(42)51(43)49/h1-28H. The molecule has 0 unspecified atom stereocenters. The molecule has 0 bridgehead atoms. The highest BCUT2D eigenvalue weighted by Crippen LogP contribution is 2.46. The zero-order chi connectivity index (χ0) is 33.9. The van der Waals surface area contributed by atoms with Crippen LogP contribution in [0, 0.1) is 0 Å². The number of aromatic nitrogens is 2. The number of thiophene rings is 1. The summed E-state index contributed by atoms with van der Waals surface area (Å²) in [5, 5.41) is 13.9. The number of rotatable bonds is 2. The summed E-state index contributed by atoms with van der Waals surface area (Å²) in [7, 11) is 0. The Hall–Kier alpha value is -6.55. The van der Waals surface area contributed by atoms with Crippen molar-refractivity contribution in [3.05, 3.63) is 170 Å². The van der Waals surface area contributed by atoms with Crippen LogP contribution in [0.1, 0.15) is 0 Å². The minimum Gasteiger partial charge on any atom is -0.292 e. The lowest BCUT2D eigenvalue weighted by atomic mass is 9.85. The Balaban J connectivity index is 1.15. The average Bonchev–Trinajstić information content (AvgIpc) is 3.77. The summed E-state index contributed by atoms with van der Waals surface area (Å²) in [6.45, 7) is 0. The largest absolute Gasteiger partial charge is 0.292 e. The van der Waals surface area contributed by atoms with E-state index in [4.69, 9.17) is 4.98 Å². The van der Waals surface area contributed by atoms with Gasteiger partial charge in [-0.25, -0.2) is 4.98 Å². The third-order valence-electron chi connectivity index (χ3n) is 11.1. The van der Waals surface area contributed by atoms with Crippen LogP contribution in [0.25, 0.3) is 113 Å². The molecule has 0 aliphatic heterocycles. The zero-order valence-electron chi connectivity index (χ0n) is 28.0. The molecule has 3 aromatic heterocycles. The van der Waals surface area contributed by atoms with Gasteiger partial charge in [0.1, 0.15) is 5.65 Å². The van der Waals surface area contributed by atoms with Crippen molar-refractivity contribution in [2.24, 2.45) is 0 Å². The number of para-hydroxylation sites is 2. The van der Waals surface area contributed by atoms with Crippen LogP contribution in [-0.2, 0) is 0 Å². The summed E-state index contributed by atoms with van der Waals surface area (Å²) < 4.78 is 4.99. The highest BCUT2D eigenvalue weighted by atomic mass is 32.1. The first-order valence-corrected chi connectivity index (χ1v) is 18.6. The van der Waals surface area contributed by atoms with E-state index in [1.165, 1.54) is 91.0 Å². The minimum atomic E-state index is 1.00. The molecule has 240 valence electrons. The topological polar surface area (TPSA) is 17.3 Å². The number of nitrogens with zero attached hydrogens (tertiary/aromatic N) is 2. The Morgan fingerprint density at radius 3 is 1.62 bits per heavy atom. The highest BCUT2D eigenvalue weighted by Gasteiger charge is 2.20. The van der Waals surface area contributed by atoms with Gasteiger partial charge in [0.25, 0.3) is 0 Å². The Morgan fingerprint density at radius 2 is 0.904 bits per heavy atom. The Kier molecular flexibility index (Phi) is 5.68. The minimum absolute atomic E-state index is 1.00. The molecule has 12 rings (SSSR count). The van der Waals surface area contributed by atoms with E-state index >= 15 is 0 Å². The molecule has 52 heavy (non-hydrogen) atoms. The lowest BCUT2D eigenvalue weighted by molar-refractivity contribution is 1.31. The number of benzene rings is 9. The van der Waals surface area contributed by atoms with E-state index in [0.717, 1.165) is 22.1 Å². The second-order valence-electron chi connectivity index (χ2n) is 13.9. The Bertz CT molecular complexity index is 3420. The summed E-state index contributed by atoms with van der Waals surface area (Å²) in [5.74, 6) is 0. The number of hydrogen-bond donors (Lipinski definition) is 0. The van der Waals surface area contributed by atoms with Crippen molar-refractivity contribution in [2.45, 2.75) is 0 Å². The van der Waals surface area contributed by atoms with Gasteiger partial charge in [-0.1, -0.05) is 121 Å². The molecule has 0 radical (unpaired) electrons. The Labute approximate surface area is 302 Å². The third kappa shape index (κ3) is 3.86. The summed E-state index contributed by atoms with van der Waals surface area (Å²) in [6, 6.07) is 62.6. The number of fused-ring (bicyclic) bond motifs is 14. The lowest BCUT2D eigenvalue weighted by Crippen LogP contribution is -1.94. The predicted molar refractivity (Wildman–Crippen MR) is 224 cm³/mol. The number of imidazole rings is 1. The molecule has 2 nitrogen and oxygen atoms in total. The summed E-state index contributed by atoms with van der Waals surface area (Å²) in [4.78, 5) is 5.10. The maximum atomic E-state index is 5.10. The molecule has 9 aromatic carbocycles. The van der Waals surface area contributed by atoms with E-state index in [9.17, 15) is 0 Å². The van der Waals surface area contributed by atoms with Crippen LogP contribution in [0.2, 0.25) is 0 Å². The Morgan fingerprint density at radius 1 is 0.365 bits per heavy atom. The number of hydrogen-bond acceptors (Lipinski definition) is 2. The first-order valence-electron chi connectivity index (χ1n) is 17.8.